The molecule has 1 heterocycles. The number of carbonyl (C=O) groups excluding carboxylic acids is 1. The highest BCUT2D eigenvalue weighted by molar-refractivity contribution is 7.99. The van der Waals surface area contributed by atoms with Crippen LogP contribution in [0.1, 0.15) is 5.89 Å². The highest BCUT2D eigenvalue weighted by Crippen LogP contribution is 2.30. The van der Waals surface area contributed by atoms with E-state index in [2.05, 4.69) is 19.9 Å². The number of methoxy groups -OCH3 is 1. The van der Waals surface area contributed by atoms with E-state index in [1.165, 1.54) is 7.11 Å². The van der Waals surface area contributed by atoms with Crippen LogP contribution in [0.3, 0.4) is 0 Å². The van der Waals surface area contributed by atoms with Gasteiger partial charge in [-0.25, -0.2) is 0 Å². The van der Waals surface area contributed by atoms with Gasteiger partial charge >= 0.3 is 12.1 Å². The van der Waals surface area contributed by atoms with Crippen molar-refractivity contribution in [1.82, 2.24) is 10.2 Å². The molecule has 1 amide bonds. The van der Waals surface area contributed by atoms with Crippen LogP contribution in [0.2, 0.25) is 0 Å². The molecule has 1 aromatic carbocycles. The Kier molecular flexibility index (Phi) is 4.91. The molecule has 2 rings (SSSR count). The Balaban J connectivity index is 1.92. The molecule has 0 saturated heterocycles. The maximum atomic E-state index is 12.3. The van der Waals surface area contributed by atoms with E-state index in [9.17, 15) is 18.0 Å². The molecule has 1 aromatic heterocycles. The number of aromatic nitrogens is 2. The van der Waals surface area contributed by atoms with Crippen molar-refractivity contribution in [2.24, 2.45) is 0 Å². The van der Waals surface area contributed by atoms with Gasteiger partial charge in [0.1, 0.15) is 5.75 Å². The monoisotopic (exact) mass is 333 g/mol. The number of hydrogen-bond acceptors (Lipinski definition) is 6. The van der Waals surface area contributed by atoms with Gasteiger partial charge in [-0.2, -0.15) is 13.2 Å². The zero-order valence-electron chi connectivity index (χ0n) is 11.2. The van der Waals surface area contributed by atoms with Gasteiger partial charge in [-0.05, 0) is 12.1 Å². The molecule has 0 radical (unpaired) electrons. The fraction of sp³-hybridized carbons (Fsp3) is 0.250. The molecule has 118 valence electrons. The minimum atomic E-state index is -4.70. The number of carbonyl (C=O) groups is 1. The van der Waals surface area contributed by atoms with Gasteiger partial charge < -0.3 is 14.5 Å². The van der Waals surface area contributed by atoms with Crippen molar-refractivity contribution in [3.63, 3.8) is 0 Å². The molecule has 22 heavy (non-hydrogen) atoms. The van der Waals surface area contributed by atoms with Gasteiger partial charge in [0.2, 0.25) is 5.91 Å². The van der Waals surface area contributed by atoms with Crippen LogP contribution in [-0.2, 0) is 11.0 Å². The van der Waals surface area contributed by atoms with E-state index >= 15 is 0 Å². The number of nitrogens with zero attached hydrogens (tertiary/aromatic N) is 2. The van der Waals surface area contributed by atoms with E-state index in [-0.39, 0.29) is 11.0 Å². The molecular formula is C12H10F3N3O3S. The van der Waals surface area contributed by atoms with Crippen molar-refractivity contribution in [1.29, 1.82) is 0 Å². The van der Waals surface area contributed by atoms with Crippen LogP contribution in [-0.4, -0.2) is 29.0 Å². The molecular weight excluding hydrogens is 323 g/mol. The Bertz CT molecular complexity index is 660. The van der Waals surface area contributed by atoms with Gasteiger partial charge in [0, 0.05) is 0 Å². The Hall–Kier alpha value is -2.23. The fourth-order valence-corrected chi connectivity index (χ4v) is 2.01. The van der Waals surface area contributed by atoms with Crippen molar-refractivity contribution in [2.75, 3.05) is 18.2 Å². The third-order valence-electron chi connectivity index (χ3n) is 2.36. The average Bonchev–Trinajstić information content (AvgIpc) is 2.95. The van der Waals surface area contributed by atoms with Gasteiger partial charge in [0.15, 0.2) is 0 Å². The van der Waals surface area contributed by atoms with E-state index in [0.717, 1.165) is 0 Å². The Labute approximate surface area is 127 Å². The lowest BCUT2D eigenvalue weighted by Gasteiger charge is -2.08. The predicted molar refractivity (Wildman–Crippen MR) is 71.6 cm³/mol. The lowest BCUT2D eigenvalue weighted by molar-refractivity contribution is -0.158. The van der Waals surface area contributed by atoms with Crippen molar-refractivity contribution < 1.29 is 27.1 Å². The fourth-order valence-electron chi connectivity index (χ4n) is 1.44. The third kappa shape index (κ3) is 4.13. The SMILES string of the molecule is COc1ccccc1NC(=O)CSc1nnc(C(F)(F)F)o1. The second kappa shape index (κ2) is 6.69. The largest absolute Gasteiger partial charge is 0.495 e. The molecule has 0 saturated carbocycles. The Morgan fingerprint density at radius 2 is 2.09 bits per heavy atom. The average molecular weight is 333 g/mol. The lowest BCUT2D eigenvalue weighted by Crippen LogP contribution is -2.14. The summed E-state index contributed by atoms with van der Waals surface area (Å²) in [5.41, 5.74) is 0.456. The molecule has 0 aliphatic heterocycles. The van der Waals surface area contributed by atoms with Gasteiger partial charge in [-0.1, -0.05) is 23.9 Å². The summed E-state index contributed by atoms with van der Waals surface area (Å²) >= 11 is 0.705. The van der Waals surface area contributed by atoms with Crippen molar-refractivity contribution in [3.8, 4) is 5.75 Å². The van der Waals surface area contributed by atoms with Crippen LogP contribution < -0.4 is 10.1 Å². The molecule has 10 heteroatoms. The van der Waals surface area contributed by atoms with E-state index in [4.69, 9.17) is 4.74 Å². The van der Waals surface area contributed by atoms with E-state index in [0.29, 0.717) is 23.2 Å². The Morgan fingerprint density at radius 1 is 1.36 bits per heavy atom. The number of ether oxygens (including phenoxy) is 1. The number of para-hydroxylation sites is 2. The predicted octanol–water partition coefficient (Wildman–Crippen LogP) is 2.83. The maximum absolute atomic E-state index is 12.3. The minimum absolute atomic E-state index is 0.183. The first-order valence-corrected chi connectivity index (χ1v) is 6.85. The quantitative estimate of drug-likeness (QED) is 0.848. The number of thioether (sulfide) groups is 1. The number of nitrogens with one attached hydrogen (secondary N) is 1. The summed E-state index contributed by atoms with van der Waals surface area (Å²) in [6.07, 6.45) is -4.70. The molecule has 2 aromatic rings. The first-order chi connectivity index (χ1) is 10.4. The van der Waals surface area contributed by atoms with Crippen LogP contribution in [0.4, 0.5) is 18.9 Å². The number of hydrogen-bond donors (Lipinski definition) is 1. The normalized spacial score (nSPS) is 11.3. The second-order valence-corrected chi connectivity index (χ2v) is 4.83. The summed E-state index contributed by atoms with van der Waals surface area (Å²) in [6, 6.07) is 6.74. The summed E-state index contributed by atoms with van der Waals surface area (Å²) < 4.78 is 46.3. The van der Waals surface area contributed by atoms with Crippen LogP contribution in [0, 0.1) is 0 Å². The summed E-state index contributed by atoms with van der Waals surface area (Å²) in [6.45, 7) is 0. The van der Waals surface area contributed by atoms with Crippen molar-refractivity contribution in [3.05, 3.63) is 30.2 Å². The van der Waals surface area contributed by atoms with Crippen molar-refractivity contribution in [2.45, 2.75) is 11.4 Å². The topological polar surface area (TPSA) is 77.2 Å². The number of rotatable bonds is 5. The number of amides is 1. The first-order valence-electron chi connectivity index (χ1n) is 5.86. The molecule has 0 bridgehead atoms. The van der Waals surface area contributed by atoms with Gasteiger partial charge in [0.05, 0.1) is 18.6 Å². The summed E-state index contributed by atoms with van der Waals surface area (Å²) in [7, 11) is 1.46. The van der Waals surface area contributed by atoms with Gasteiger partial charge in [-0.15, -0.1) is 10.2 Å². The van der Waals surface area contributed by atoms with Crippen LogP contribution in [0.5, 0.6) is 5.75 Å². The van der Waals surface area contributed by atoms with Crippen LogP contribution in [0.25, 0.3) is 0 Å². The number of halogens is 3. The van der Waals surface area contributed by atoms with E-state index < -0.39 is 18.0 Å². The smallest absolute Gasteiger partial charge is 0.470 e. The second-order valence-electron chi connectivity index (χ2n) is 3.91. The molecule has 0 atom stereocenters. The van der Waals surface area contributed by atoms with E-state index in [1.807, 2.05) is 0 Å². The lowest BCUT2D eigenvalue weighted by atomic mass is 10.3. The van der Waals surface area contributed by atoms with Gasteiger partial charge in [0.25, 0.3) is 5.22 Å². The molecule has 0 fully saturated rings. The Morgan fingerprint density at radius 3 is 2.73 bits per heavy atom. The zero-order valence-corrected chi connectivity index (χ0v) is 12.0. The summed E-state index contributed by atoms with van der Waals surface area (Å²) in [5.74, 6) is -1.60. The highest BCUT2D eigenvalue weighted by atomic mass is 32.2. The summed E-state index contributed by atoms with van der Waals surface area (Å²) in [4.78, 5) is 11.8. The highest BCUT2D eigenvalue weighted by Gasteiger charge is 2.38. The molecule has 1 N–H and O–H groups in total. The van der Waals surface area contributed by atoms with E-state index in [1.54, 1.807) is 24.3 Å². The number of anilines is 1. The van der Waals surface area contributed by atoms with Gasteiger partial charge in [-0.3, -0.25) is 4.79 Å². The standard InChI is InChI=1S/C12H10F3N3O3S/c1-20-8-5-3-2-4-7(8)16-9(19)6-22-11-18-17-10(21-11)12(13,14)15/h2-5H,6H2,1H3,(H,16,19). The molecule has 0 spiro atoms. The van der Waals surface area contributed by atoms with Crippen LogP contribution in [0.15, 0.2) is 33.9 Å². The molecule has 0 unspecified atom stereocenters. The van der Waals surface area contributed by atoms with Crippen molar-refractivity contribution >= 4 is 23.4 Å². The maximum Gasteiger partial charge on any atom is 0.470 e. The number of alkyl halides is 3. The van der Waals surface area contributed by atoms with Crippen LogP contribution >= 0.6 is 11.8 Å². The molecule has 0 aliphatic carbocycles. The zero-order chi connectivity index (χ0) is 16.2. The molecule has 0 aliphatic rings. The first kappa shape index (κ1) is 16.1. The summed E-state index contributed by atoms with van der Waals surface area (Å²) in [5, 5.41) is 8.32. The minimum Gasteiger partial charge on any atom is -0.495 e. The number of benzene rings is 1. The third-order valence-corrected chi connectivity index (χ3v) is 3.18. The molecule has 6 nitrogen and oxygen atoms in total.